The van der Waals surface area contributed by atoms with E-state index < -0.39 is 27.8 Å². The Morgan fingerprint density at radius 3 is 2.09 bits per heavy atom. The molecule has 0 bridgehead atoms. The fourth-order valence-electron chi connectivity index (χ4n) is 2.24. The molecule has 0 saturated carbocycles. The molecule has 0 aromatic heterocycles. The van der Waals surface area contributed by atoms with E-state index in [9.17, 15) is 21.6 Å². The van der Waals surface area contributed by atoms with E-state index in [0.29, 0.717) is 11.8 Å². The summed E-state index contributed by atoms with van der Waals surface area (Å²) in [5.74, 6) is 0. The van der Waals surface area contributed by atoms with Crippen molar-refractivity contribution in [1.82, 2.24) is 0 Å². The number of hydrogen-bond donors (Lipinski definition) is 0. The molecular formula is C16H16F3NO2S. The second-order valence-corrected chi connectivity index (χ2v) is 7.07. The van der Waals surface area contributed by atoms with Crippen molar-refractivity contribution in [3.8, 4) is 0 Å². The van der Waals surface area contributed by atoms with E-state index in [1.165, 1.54) is 6.07 Å². The Hall–Kier alpha value is -2.02. The molecule has 0 heterocycles. The van der Waals surface area contributed by atoms with E-state index in [4.69, 9.17) is 0 Å². The summed E-state index contributed by atoms with van der Waals surface area (Å²) in [5.41, 5.74) is -0.588. The highest BCUT2D eigenvalue weighted by atomic mass is 32.2. The summed E-state index contributed by atoms with van der Waals surface area (Å²) in [5, 5.41) is 0. The molecule has 0 aliphatic heterocycles. The van der Waals surface area contributed by atoms with Crippen LogP contribution in [0.25, 0.3) is 0 Å². The molecule has 2 aromatic carbocycles. The molecule has 0 aliphatic carbocycles. The smallest absolute Gasteiger partial charge is 0.264 e. The first-order valence-electron chi connectivity index (χ1n) is 6.91. The molecule has 0 radical (unpaired) electrons. The topological polar surface area (TPSA) is 37.4 Å². The zero-order chi connectivity index (χ0) is 17.3. The summed E-state index contributed by atoms with van der Waals surface area (Å²) < 4.78 is 65.2. The van der Waals surface area contributed by atoms with Crippen molar-refractivity contribution in [3.05, 3.63) is 60.2 Å². The third kappa shape index (κ3) is 3.67. The largest absolute Gasteiger partial charge is 0.416 e. The van der Waals surface area contributed by atoms with Crippen LogP contribution >= 0.6 is 0 Å². The van der Waals surface area contributed by atoms with Gasteiger partial charge in [-0.3, -0.25) is 4.31 Å². The van der Waals surface area contributed by atoms with Crippen molar-refractivity contribution in [1.29, 1.82) is 0 Å². The number of para-hydroxylation sites is 1. The van der Waals surface area contributed by atoms with Crippen LogP contribution in [0.5, 0.6) is 0 Å². The van der Waals surface area contributed by atoms with Gasteiger partial charge in [-0.05, 0) is 44.2 Å². The Labute approximate surface area is 133 Å². The van der Waals surface area contributed by atoms with E-state index in [2.05, 4.69) is 0 Å². The van der Waals surface area contributed by atoms with E-state index in [0.717, 1.165) is 16.4 Å². The number of rotatable bonds is 4. The van der Waals surface area contributed by atoms with Crippen molar-refractivity contribution in [2.75, 3.05) is 4.31 Å². The van der Waals surface area contributed by atoms with Crippen LogP contribution in [-0.2, 0) is 16.2 Å². The van der Waals surface area contributed by atoms with Crippen LogP contribution in [0.2, 0.25) is 0 Å². The van der Waals surface area contributed by atoms with E-state index in [1.807, 2.05) is 0 Å². The van der Waals surface area contributed by atoms with Gasteiger partial charge in [0, 0.05) is 6.04 Å². The number of sulfonamides is 1. The Morgan fingerprint density at radius 2 is 1.57 bits per heavy atom. The van der Waals surface area contributed by atoms with Gasteiger partial charge >= 0.3 is 6.18 Å². The fraction of sp³-hybridized carbons (Fsp3) is 0.250. The zero-order valence-electron chi connectivity index (χ0n) is 12.6. The van der Waals surface area contributed by atoms with Crippen molar-refractivity contribution in [2.45, 2.75) is 31.0 Å². The van der Waals surface area contributed by atoms with Crippen molar-refractivity contribution in [3.63, 3.8) is 0 Å². The molecule has 0 fully saturated rings. The highest BCUT2D eigenvalue weighted by molar-refractivity contribution is 7.92. The lowest BCUT2D eigenvalue weighted by Gasteiger charge is -2.28. The lowest BCUT2D eigenvalue weighted by atomic mass is 10.2. The maximum atomic E-state index is 12.8. The Balaban J connectivity index is 2.56. The molecule has 2 aromatic rings. The molecule has 0 unspecified atom stereocenters. The van der Waals surface area contributed by atoms with E-state index in [1.54, 1.807) is 44.2 Å². The lowest BCUT2D eigenvalue weighted by molar-refractivity contribution is -0.137. The molecular weight excluding hydrogens is 327 g/mol. The number of alkyl halides is 3. The van der Waals surface area contributed by atoms with Gasteiger partial charge in [-0.2, -0.15) is 13.2 Å². The predicted molar refractivity (Wildman–Crippen MR) is 82.7 cm³/mol. The number of benzene rings is 2. The van der Waals surface area contributed by atoms with Gasteiger partial charge in [0.05, 0.1) is 16.1 Å². The second-order valence-electron chi connectivity index (χ2n) is 5.26. The maximum absolute atomic E-state index is 12.8. The van der Waals surface area contributed by atoms with Crippen LogP contribution < -0.4 is 4.31 Å². The molecule has 0 atom stereocenters. The molecule has 0 N–H and O–H groups in total. The molecule has 0 aliphatic rings. The van der Waals surface area contributed by atoms with Crippen LogP contribution in [0.3, 0.4) is 0 Å². The maximum Gasteiger partial charge on any atom is 0.416 e. The molecule has 7 heteroatoms. The summed E-state index contributed by atoms with van der Waals surface area (Å²) in [4.78, 5) is -0.384. The third-order valence-electron chi connectivity index (χ3n) is 3.20. The third-order valence-corrected chi connectivity index (χ3v) is 5.20. The summed E-state index contributed by atoms with van der Waals surface area (Å²) in [7, 11) is -4.10. The van der Waals surface area contributed by atoms with Crippen LogP contribution in [0, 0.1) is 0 Å². The van der Waals surface area contributed by atoms with Gasteiger partial charge < -0.3 is 0 Å². The molecule has 0 saturated heterocycles. The number of anilines is 1. The Bertz CT molecular complexity index is 771. The predicted octanol–water partition coefficient (Wildman–Crippen LogP) is 4.31. The first-order chi connectivity index (χ1) is 10.6. The number of halogens is 3. The molecule has 23 heavy (non-hydrogen) atoms. The lowest BCUT2D eigenvalue weighted by Crippen LogP contribution is -2.37. The summed E-state index contributed by atoms with van der Waals surface area (Å²) in [6.45, 7) is 3.33. The van der Waals surface area contributed by atoms with Crippen molar-refractivity contribution in [2.24, 2.45) is 0 Å². The van der Waals surface area contributed by atoms with Gasteiger partial charge in [0.1, 0.15) is 0 Å². The Morgan fingerprint density at radius 1 is 0.957 bits per heavy atom. The molecule has 124 valence electrons. The molecule has 0 amide bonds. The Kier molecular flexibility index (Phi) is 4.70. The molecule has 2 rings (SSSR count). The summed E-state index contributed by atoms with van der Waals surface area (Å²) in [6, 6.07) is 11.6. The average Bonchev–Trinajstić information content (AvgIpc) is 2.47. The van der Waals surface area contributed by atoms with Crippen LogP contribution in [0.1, 0.15) is 19.4 Å². The van der Waals surface area contributed by atoms with Gasteiger partial charge in [-0.15, -0.1) is 0 Å². The minimum atomic E-state index is -4.60. The van der Waals surface area contributed by atoms with Gasteiger partial charge in [0.15, 0.2) is 0 Å². The SMILES string of the molecule is CC(C)N(c1ccccc1)S(=O)(=O)c1cccc(C(F)(F)F)c1. The van der Waals surface area contributed by atoms with Crippen LogP contribution in [-0.4, -0.2) is 14.5 Å². The molecule has 3 nitrogen and oxygen atoms in total. The second kappa shape index (κ2) is 6.23. The van der Waals surface area contributed by atoms with Crippen LogP contribution in [0.15, 0.2) is 59.5 Å². The van der Waals surface area contributed by atoms with Crippen LogP contribution in [0.4, 0.5) is 18.9 Å². The highest BCUT2D eigenvalue weighted by Gasteiger charge is 2.33. The normalized spacial score (nSPS) is 12.4. The quantitative estimate of drug-likeness (QED) is 0.830. The number of nitrogens with zero attached hydrogens (tertiary/aromatic N) is 1. The number of hydrogen-bond acceptors (Lipinski definition) is 2. The van der Waals surface area contributed by atoms with E-state index in [-0.39, 0.29) is 4.90 Å². The average molecular weight is 343 g/mol. The van der Waals surface area contributed by atoms with Gasteiger partial charge in [-0.1, -0.05) is 24.3 Å². The monoisotopic (exact) mass is 343 g/mol. The minimum Gasteiger partial charge on any atom is -0.264 e. The van der Waals surface area contributed by atoms with E-state index >= 15 is 0 Å². The zero-order valence-corrected chi connectivity index (χ0v) is 13.4. The molecule has 0 spiro atoms. The fourth-order valence-corrected chi connectivity index (χ4v) is 3.94. The first-order valence-corrected chi connectivity index (χ1v) is 8.35. The van der Waals surface area contributed by atoms with Gasteiger partial charge in [0.2, 0.25) is 0 Å². The summed E-state index contributed by atoms with van der Waals surface area (Å²) in [6.07, 6.45) is -4.60. The van der Waals surface area contributed by atoms with Crippen molar-refractivity contribution >= 4 is 15.7 Å². The van der Waals surface area contributed by atoms with Crippen molar-refractivity contribution < 1.29 is 21.6 Å². The van der Waals surface area contributed by atoms with Gasteiger partial charge in [-0.25, -0.2) is 8.42 Å². The first kappa shape index (κ1) is 17.3. The minimum absolute atomic E-state index is 0.384. The van der Waals surface area contributed by atoms with Gasteiger partial charge in [0.25, 0.3) is 10.0 Å². The summed E-state index contributed by atoms with van der Waals surface area (Å²) >= 11 is 0. The highest BCUT2D eigenvalue weighted by Crippen LogP contribution is 2.32. The standard InChI is InChI=1S/C16H16F3NO2S/c1-12(2)20(14-8-4-3-5-9-14)23(21,22)15-10-6-7-13(11-15)16(17,18)19/h3-12H,1-2H3.